The number of amides is 1. The summed E-state index contributed by atoms with van der Waals surface area (Å²) in [4.78, 5) is 23.9. The van der Waals surface area contributed by atoms with Crippen molar-refractivity contribution in [3.8, 4) is 0 Å². The van der Waals surface area contributed by atoms with Gasteiger partial charge < -0.3 is 19.6 Å². The van der Waals surface area contributed by atoms with Crippen molar-refractivity contribution in [2.24, 2.45) is 0 Å². The SMILES string of the molecule is CC(C)OC(=O)NC12CC(n3cnc4cnc5[nH]ccc5c43)(C1)C2. The molecule has 6 rings (SSSR count). The number of imidazole rings is 1. The number of carbonyl (C=O) groups is 1. The molecule has 7 nitrogen and oxygen atoms in total. The zero-order chi connectivity index (χ0) is 16.5. The molecule has 2 bridgehead atoms. The highest BCUT2D eigenvalue weighted by molar-refractivity contribution is 6.01. The van der Waals surface area contributed by atoms with Crippen LogP contribution >= 0.6 is 0 Å². The molecule has 124 valence electrons. The molecule has 7 heteroatoms. The van der Waals surface area contributed by atoms with Crippen molar-refractivity contribution in [2.75, 3.05) is 0 Å². The first-order valence-electron chi connectivity index (χ1n) is 8.29. The van der Waals surface area contributed by atoms with Gasteiger partial charge in [-0.25, -0.2) is 14.8 Å². The number of carbonyl (C=O) groups excluding carboxylic acids is 1. The number of ether oxygens (including phenoxy) is 1. The number of alkyl carbamates (subject to hydrolysis) is 1. The molecular formula is C17H19N5O2. The number of aromatic nitrogens is 4. The predicted octanol–water partition coefficient (Wildman–Crippen LogP) is 2.68. The number of rotatable bonds is 3. The van der Waals surface area contributed by atoms with Gasteiger partial charge in [0.1, 0.15) is 11.2 Å². The molecule has 24 heavy (non-hydrogen) atoms. The van der Waals surface area contributed by atoms with Crippen LogP contribution in [0.5, 0.6) is 0 Å². The van der Waals surface area contributed by atoms with Crippen molar-refractivity contribution in [2.45, 2.75) is 50.3 Å². The van der Waals surface area contributed by atoms with E-state index in [1.165, 1.54) is 0 Å². The van der Waals surface area contributed by atoms with Crippen LogP contribution in [-0.4, -0.2) is 37.3 Å². The lowest BCUT2D eigenvalue weighted by molar-refractivity contribution is -0.132. The molecule has 3 aliphatic rings. The number of hydrogen-bond acceptors (Lipinski definition) is 4. The average Bonchev–Trinajstić information content (AvgIpc) is 3.05. The molecule has 0 unspecified atom stereocenters. The van der Waals surface area contributed by atoms with Crippen molar-refractivity contribution < 1.29 is 9.53 Å². The van der Waals surface area contributed by atoms with Gasteiger partial charge in [0.2, 0.25) is 0 Å². The molecule has 3 fully saturated rings. The number of aromatic amines is 1. The number of nitrogens with one attached hydrogen (secondary N) is 2. The second kappa shape index (κ2) is 4.28. The standard InChI is InChI=1S/C17H19N5O2/c1-10(2)24-15(23)21-16-6-17(7-16,8-16)22-9-20-12-5-19-14-11(13(12)22)3-4-18-14/h3-5,9-10H,6-8H2,1-2H3,(H,18,19)(H,21,23). The lowest BCUT2D eigenvalue weighted by Crippen LogP contribution is -2.78. The van der Waals surface area contributed by atoms with Crippen LogP contribution in [0.15, 0.2) is 24.8 Å². The lowest BCUT2D eigenvalue weighted by atomic mass is 9.44. The third-order valence-electron chi connectivity index (χ3n) is 5.32. The van der Waals surface area contributed by atoms with Gasteiger partial charge >= 0.3 is 6.09 Å². The topological polar surface area (TPSA) is 84.8 Å². The molecule has 0 radical (unpaired) electrons. The Kier molecular flexibility index (Phi) is 2.47. The van der Waals surface area contributed by atoms with Crippen molar-refractivity contribution >= 4 is 28.2 Å². The van der Waals surface area contributed by atoms with E-state index in [9.17, 15) is 4.79 Å². The fourth-order valence-electron chi connectivity index (χ4n) is 4.45. The van der Waals surface area contributed by atoms with E-state index in [1.807, 2.05) is 38.6 Å². The first kappa shape index (κ1) is 13.8. The summed E-state index contributed by atoms with van der Waals surface area (Å²) in [5, 5.41) is 4.14. The van der Waals surface area contributed by atoms with Gasteiger partial charge in [-0.3, -0.25) is 0 Å². The Balaban J connectivity index is 1.43. The quantitative estimate of drug-likeness (QED) is 0.775. The molecule has 1 amide bonds. The summed E-state index contributed by atoms with van der Waals surface area (Å²) in [7, 11) is 0. The first-order chi connectivity index (χ1) is 11.5. The van der Waals surface area contributed by atoms with Gasteiger partial charge in [0.25, 0.3) is 0 Å². The highest BCUT2D eigenvalue weighted by Gasteiger charge is 2.70. The van der Waals surface area contributed by atoms with Crippen LogP contribution < -0.4 is 5.32 Å². The second-order valence-corrected chi connectivity index (χ2v) is 7.46. The normalized spacial score (nSPS) is 28.0. The van der Waals surface area contributed by atoms with Crippen molar-refractivity contribution in [1.29, 1.82) is 0 Å². The molecule has 2 N–H and O–H groups in total. The van der Waals surface area contributed by atoms with E-state index in [4.69, 9.17) is 4.74 Å². The molecule has 0 aromatic carbocycles. The smallest absolute Gasteiger partial charge is 0.407 e. The second-order valence-electron chi connectivity index (χ2n) is 7.46. The van der Waals surface area contributed by atoms with Gasteiger partial charge in [-0.1, -0.05) is 0 Å². The number of pyridine rings is 1. The van der Waals surface area contributed by atoms with Crippen molar-refractivity contribution in [3.63, 3.8) is 0 Å². The molecule has 0 saturated heterocycles. The van der Waals surface area contributed by atoms with Crippen LogP contribution in [-0.2, 0) is 10.3 Å². The zero-order valence-electron chi connectivity index (χ0n) is 13.7. The van der Waals surface area contributed by atoms with E-state index in [0.29, 0.717) is 0 Å². The molecule has 0 spiro atoms. The Morgan fingerprint density at radius 2 is 2.17 bits per heavy atom. The van der Waals surface area contributed by atoms with E-state index >= 15 is 0 Å². The van der Waals surface area contributed by atoms with Gasteiger partial charge in [-0.15, -0.1) is 0 Å². The minimum absolute atomic E-state index is 0.0609. The van der Waals surface area contributed by atoms with Crippen LogP contribution in [0.1, 0.15) is 33.1 Å². The number of hydrogen-bond donors (Lipinski definition) is 2. The monoisotopic (exact) mass is 325 g/mol. The molecule has 0 atom stereocenters. The molecule has 3 aromatic heterocycles. The summed E-state index contributed by atoms with van der Waals surface area (Å²) in [5.41, 5.74) is 2.87. The van der Waals surface area contributed by atoms with Gasteiger partial charge in [-0.2, -0.15) is 0 Å². The molecule has 3 saturated carbocycles. The van der Waals surface area contributed by atoms with E-state index in [-0.39, 0.29) is 23.3 Å². The maximum absolute atomic E-state index is 11.9. The van der Waals surface area contributed by atoms with E-state index in [1.54, 1.807) is 0 Å². The van der Waals surface area contributed by atoms with Crippen LogP contribution in [0.3, 0.4) is 0 Å². The highest BCUT2D eigenvalue weighted by atomic mass is 16.6. The minimum atomic E-state index is -0.314. The van der Waals surface area contributed by atoms with Gasteiger partial charge in [0.05, 0.1) is 35.2 Å². The van der Waals surface area contributed by atoms with Crippen molar-refractivity contribution in [3.05, 3.63) is 24.8 Å². The molecule has 3 heterocycles. The van der Waals surface area contributed by atoms with Gasteiger partial charge in [-0.05, 0) is 39.2 Å². The van der Waals surface area contributed by atoms with E-state index in [0.717, 1.165) is 41.3 Å². The molecule has 0 aliphatic heterocycles. The van der Waals surface area contributed by atoms with Crippen molar-refractivity contribution in [1.82, 2.24) is 24.8 Å². The summed E-state index contributed by atoms with van der Waals surface area (Å²) >= 11 is 0. The Morgan fingerprint density at radius 1 is 1.38 bits per heavy atom. The highest BCUT2D eigenvalue weighted by Crippen LogP contribution is 2.65. The molecule has 3 aliphatic carbocycles. The average molecular weight is 325 g/mol. The Morgan fingerprint density at radius 3 is 2.92 bits per heavy atom. The Hall–Kier alpha value is -2.57. The van der Waals surface area contributed by atoms with Crippen LogP contribution in [0.4, 0.5) is 4.79 Å². The van der Waals surface area contributed by atoms with Crippen LogP contribution in [0, 0.1) is 0 Å². The number of H-pyrrole nitrogens is 1. The summed E-state index contributed by atoms with van der Waals surface area (Å²) in [6.07, 6.45) is 7.98. The largest absolute Gasteiger partial charge is 0.447 e. The fraction of sp³-hybridized carbons (Fsp3) is 0.471. The summed E-state index contributed by atoms with van der Waals surface area (Å²) in [6.45, 7) is 3.72. The Labute approximate surface area is 138 Å². The summed E-state index contributed by atoms with van der Waals surface area (Å²) in [5.74, 6) is 0. The fourth-order valence-corrected chi connectivity index (χ4v) is 4.45. The maximum atomic E-state index is 11.9. The zero-order valence-corrected chi connectivity index (χ0v) is 13.7. The van der Waals surface area contributed by atoms with Gasteiger partial charge in [0, 0.05) is 11.6 Å². The van der Waals surface area contributed by atoms with E-state index in [2.05, 4.69) is 24.8 Å². The van der Waals surface area contributed by atoms with Gasteiger partial charge in [0.15, 0.2) is 0 Å². The summed E-state index contributed by atoms with van der Waals surface area (Å²) in [6, 6.07) is 2.04. The third kappa shape index (κ3) is 1.69. The lowest BCUT2D eigenvalue weighted by Gasteiger charge is -2.70. The third-order valence-corrected chi connectivity index (χ3v) is 5.32. The Bertz CT molecular complexity index is 950. The molecule has 3 aromatic rings. The van der Waals surface area contributed by atoms with Crippen LogP contribution in [0.2, 0.25) is 0 Å². The van der Waals surface area contributed by atoms with Crippen LogP contribution in [0.25, 0.3) is 22.1 Å². The predicted molar refractivity (Wildman–Crippen MR) is 88.7 cm³/mol. The minimum Gasteiger partial charge on any atom is -0.447 e. The summed E-state index contributed by atoms with van der Waals surface area (Å²) < 4.78 is 7.48. The number of fused-ring (bicyclic) bond motifs is 3. The van der Waals surface area contributed by atoms with E-state index < -0.39 is 0 Å². The number of nitrogens with zero attached hydrogens (tertiary/aromatic N) is 3. The maximum Gasteiger partial charge on any atom is 0.407 e. The molecular weight excluding hydrogens is 306 g/mol. The first-order valence-corrected chi connectivity index (χ1v) is 8.29.